The first-order chi connectivity index (χ1) is 6.46. The van der Waals surface area contributed by atoms with Crippen LogP contribution in [0, 0.1) is 11.2 Å². The molecule has 0 aliphatic carbocycles. The largest absolute Gasteiger partial charge is 0.505 e. The summed E-state index contributed by atoms with van der Waals surface area (Å²) in [5.74, 6) is -0.769. The summed E-state index contributed by atoms with van der Waals surface area (Å²) in [7, 11) is 0. The molecule has 1 N–H and O–H groups in total. The van der Waals surface area contributed by atoms with Gasteiger partial charge < -0.3 is 5.11 Å². The molecule has 0 aromatic heterocycles. The molecule has 3 heteroatoms. The van der Waals surface area contributed by atoms with E-state index in [1.165, 1.54) is 6.07 Å². The molecule has 1 rings (SSSR count). The summed E-state index contributed by atoms with van der Waals surface area (Å²) in [6.45, 7) is 4.12. The van der Waals surface area contributed by atoms with Gasteiger partial charge in [0.25, 0.3) is 0 Å². The van der Waals surface area contributed by atoms with Gasteiger partial charge in [0.2, 0.25) is 0 Å². The average Bonchev–Trinajstić information content (AvgIpc) is 2.13. The number of hydrogen-bond donors (Lipinski definition) is 1. The molecule has 0 spiro atoms. The molecule has 0 radical (unpaired) electrons. The van der Waals surface area contributed by atoms with E-state index in [0.29, 0.717) is 12.0 Å². The molecule has 14 heavy (non-hydrogen) atoms. The Morgan fingerprint density at radius 2 is 2.07 bits per heavy atom. The number of rotatable bonds is 3. The predicted molar refractivity (Wildman–Crippen MR) is 59.3 cm³/mol. The number of phenolic OH excluding ortho intramolecular Hbond substituents is 1. The van der Waals surface area contributed by atoms with Crippen molar-refractivity contribution in [2.24, 2.45) is 5.41 Å². The van der Waals surface area contributed by atoms with E-state index in [2.05, 4.69) is 29.8 Å². The fourth-order valence-corrected chi connectivity index (χ4v) is 1.46. The van der Waals surface area contributed by atoms with Gasteiger partial charge in [-0.25, -0.2) is 4.39 Å². The van der Waals surface area contributed by atoms with E-state index in [1.807, 2.05) is 0 Å². The normalized spacial score (nSPS) is 11.7. The van der Waals surface area contributed by atoms with E-state index in [1.54, 1.807) is 12.1 Å². The Kier molecular flexibility index (Phi) is 3.53. The molecule has 0 fully saturated rings. The van der Waals surface area contributed by atoms with Gasteiger partial charge >= 0.3 is 0 Å². The molecule has 0 aliphatic heterocycles. The van der Waals surface area contributed by atoms with E-state index in [-0.39, 0.29) is 11.2 Å². The van der Waals surface area contributed by atoms with E-state index >= 15 is 0 Å². The van der Waals surface area contributed by atoms with E-state index in [9.17, 15) is 9.50 Å². The van der Waals surface area contributed by atoms with Crippen molar-refractivity contribution in [3.63, 3.8) is 0 Å². The van der Waals surface area contributed by atoms with Crippen LogP contribution in [0.5, 0.6) is 5.75 Å². The summed E-state index contributed by atoms with van der Waals surface area (Å²) < 4.78 is 13.0. The fourth-order valence-electron chi connectivity index (χ4n) is 1.27. The lowest BCUT2D eigenvalue weighted by Crippen LogP contribution is -2.16. The monoisotopic (exact) mass is 260 g/mol. The summed E-state index contributed by atoms with van der Waals surface area (Å²) in [6.07, 6.45) is 0.655. The second-order valence-corrected chi connectivity index (χ2v) is 4.78. The number of hydrogen-bond acceptors (Lipinski definition) is 1. The molecule has 0 atom stereocenters. The van der Waals surface area contributed by atoms with Crippen molar-refractivity contribution in [3.8, 4) is 5.75 Å². The second kappa shape index (κ2) is 4.30. The lowest BCUT2D eigenvalue weighted by Gasteiger charge is -2.22. The molecule has 0 bridgehead atoms. The van der Waals surface area contributed by atoms with Crippen LogP contribution in [0.4, 0.5) is 4.39 Å². The Balaban J connectivity index is 2.92. The van der Waals surface area contributed by atoms with E-state index < -0.39 is 5.82 Å². The van der Waals surface area contributed by atoms with Gasteiger partial charge in [0.1, 0.15) is 0 Å². The third kappa shape index (κ3) is 2.71. The number of aromatic hydroxyl groups is 1. The first-order valence-corrected chi connectivity index (χ1v) is 5.61. The Morgan fingerprint density at radius 3 is 2.64 bits per heavy atom. The Morgan fingerprint density at radius 1 is 1.43 bits per heavy atom. The molecule has 0 unspecified atom stereocenters. The minimum atomic E-state index is -0.548. The zero-order chi connectivity index (χ0) is 10.8. The highest BCUT2D eigenvalue weighted by Crippen LogP contribution is 2.29. The molecular weight excluding hydrogens is 247 g/mol. The topological polar surface area (TPSA) is 20.2 Å². The SMILES string of the molecule is CC(C)(CBr)Cc1cccc(F)c1O. The van der Waals surface area contributed by atoms with Crippen LogP contribution in [0.15, 0.2) is 18.2 Å². The van der Waals surface area contributed by atoms with Crippen molar-refractivity contribution in [2.75, 3.05) is 5.33 Å². The second-order valence-electron chi connectivity index (χ2n) is 4.22. The minimum absolute atomic E-state index is 0.0191. The number of benzene rings is 1. The molecule has 0 saturated carbocycles. The zero-order valence-electron chi connectivity index (χ0n) is 8.35. The fraction of sp³-hybridized carbons (Fsp3) is 0.455. The summed E-state index contributed by atoms with van der Waals surface area (Å²) in [6, 6.07) is 4.64. The van der Waals surface area contributed by atoms with Crippen molar-refractivity contribution in [2.45, 2.75) is 20.3 Å². The van der Waals surface area contributed by atoms with Gasteiger partial charge in [-0.1, -0.05) is 41.9 Å². The van der Waals surface area contributed by atoms with Crippen LogP contribution >= 0.6 is 15.9 Å². The number of alkyl halides is 1. The highest BCUT2D eigenvalue weighted by molar-refractivity contribution is 9.09. The molecule has 0 amide bonds. The average molecular weight is 261 g/mol. The molecule has 0 aliphatic rings. The highest BCUT2D eigenvalue weighted by atomic mass is 79.9. The molecule has 78 valence electrons. The lowest BCUT2D eigenvalue weighted by atomic mass is 9.88. The molecular formula is C11H14BrFO. The first-order valence-electron chi connectivity index (χ1n) is 4.48. The minimum Gasteiger partial charge on any atom is -0.505 e. The molecule has 0 saturated heterocycles. The van der Waals surface area contributed by atoms with E-state index in [0.717, 1.165) is 5.33 Å². The zero-order valence-corrected chi connectivity index (χ0v) is 9.94. The third-order valence-electron chi connectivity index (χ3n) is 2.10. The maximum atomic E-state index is 13.0. The standard InChI is InChI=1S/C11H14BrFO/c1-11(2,7-12)6-8-4-3-5-9(13)10(8)14/h3-5,14H,6-7H2,1-2H3. The van der Waals surface area contributed by atoms with Crippen LogP contribution < -0.4 is 0 Å². The Hall–Kier alpha value is -0.570. The van der Waals surface area contributed by atoms with Crippen molar-refractivity contribution in [1.82, 2.24) is 0 Å². The number of para-hydroxylation sites is 1. The van der Waals surface area contributed by atoms with Gasteiger partial charge in [-0.05, 0) is 23.5 Å². The van der Waals surface area contributed by atoms with Crippen LogP contribution in [-0.2, 0) is 6.42 Å². The Bertz CT molecular complexity index is 323. The summed E-state index contributed by atoms with van der Waals surface area (Å²) >= 11 is 3.40. The van der Waals surface area contributed by atoms with Crippen molar-refractivity contribution in [1.29, 1.82) is 0 Å². The maximum Gasteiger partial charge on any atom is 0.165 e. The summed E-state index contributed by atoms with van der Waals surface area (Å²) in [5.41, 5.74) is 0.681. The van der Waals surface area contributed by atoms with Gasteiger partial charge in [0.15, 0.2) is 11.6 Å². The maximum absolute atomic E-state index is 13.0. The van der Waals surface area contributed by atoms with Gasteiger partial charge in [-0.2, -0.15) is 0 Å². The van der Waals surface area contributed by atoms with Crippen molar-refractivity contribution >= 4 is 15.9 Å². The van der Waals surface area contributed by atoms with Crippen LogP contribution in [-0.4, -0.2) is 10.4 Å². The summed E-state index contributed by atoms with van der Waals surface area (Å²) in [5, 5.41) is 10.3. The predicted octanol–water partition coefficient (Wildman–Crippen LogP) is 3.49. The van der Waals surface area contributed by atoms with E-state index in [4.69, 9.17) is 0 Å². The third-order valence-corrected chi connectivity index (χ3v) is 3.62. The van der Waals surface area contributed by atoms with Crippen LogP contribution in [0.2, 0.25) is 0 Å². The quantitative estimate of drug-likeness (QED) is 0.826. The van der Waals surface area contributed by atoms with Gasteiger partial charge in [-0.15, -0.1) is 0 Å². The molecule has 1 aromatic carbocycles. The van der Waals surface area contributed by atoms with Crippen molar-refractivity contribution in [3.05, 3.63) is 29.6 Å². The Labute approximate surface area is 92.1 Å². The van der Waals surface area contributed by atoms with Gasteiger partial charge in [-0.3, -0.25) is 0 Å². The lowest BCUT2D eigenvalue weighted by molar-refractivity contribution is 0.390. The van der Waals surface area contributed by atoms with Crippen LogP contribution in [0.1, 0.15) is 19.4 Å². The molecule has 0 heterocycles. The highest BCUT2D eigenvalue weighted by Gasteiger charge is 2.19. The van der Waals surface area contributed by atoms with Gasteiger partial charge in [0, 0.05) is 5.33 Å². The van der Waals surface area contributed by atoms with Crippen molar-refractivity contribution < 1.29 is 9.50 Å². The van der Waals surface area contributed by atoms with Crippen LogP contribution in [0.25, 0.3) is 0 Å². The smallest absolute Gasteiger partial charge is 0.165 e. The molecule has 1 nitrogen and oxygen atoms in total. The van der Waals surface area contributed by atoms with Crippen LogP contribution in [0.3, 0.4) is 0 Å². The molecule has 1 aromatic rings. The van der Waals surface area contributed by atoms with Gasteiger partial charge in [0.05, 0.1) is 0 Å². The first kappa shape index (κ1) is 11.5. The number of phenols is 1. The summed E-state index contributed by atoms with van der Waals surface area (Å²) in [4.78, 5) is 0. The number of halogens is 2.